The standard InChI is InChI=1S/C10H15F2N3O2S/c1-3-14-8-4-5-13-6-9(8)18(16,17)15(2)7-10(11)12/h4-6,10H,3,7H2,1-2H3,(H,13,14). The van der Waals surface area contributed by atoms with Crippen LogP contribution in [0.25, 0.3) is 0 Å². The minimum atomic E-state index is -3.96. The van der Waals surface area contributed by atoms with E-state index in [-0.39, 0.29) is 4.90 Å². The summed E-state index contributed by atoms with van der Waals surface area (Å²) < 4.78 is 49.3. The van der Waals surface area contributed by atoms with Crippen molar-refractivity contribution < 1.29 is 17.2 Å². The molecule has 0 saturated carbocycles. The molecule has 0 spiro atoms. The van der Waals surface area contributed by atoms with Crippen LogP contribution in [-0.2, 0) is 10.0 Å². The van der Waals surface area contributed by atoms with Crippen LogP contribution in [0.1, 0.15) is 6.92 Å². The average Bonchev–Trinajstić information content (AvgIpc) is 2.29. The van der Waals surface area contributed by atoms with Gasteiger partial charge in [-0.15, -0.1) is 0 Å². The van der Waals surface area contributed by atoms with Crippen molar-refractivity contribution in [2.45, 2.75) is 18.2 Å². The van der Waals surface area contributed by atoms with Gasteiger partial charge in [0.1, 0.15) is 4.90 Å². The first-order valence-corrected chi connectivity index (χ1v) is 6.76. The van der Waals surface area contributed by atoms with E-state index in [9.17, 15) is 17.2 Å². The van der Waals surface area contributed by atoms with E-state index in [1.54, 1.807) is 6.92 Å². The van der Waals surface area contributed by atoms with Gasteiger partial charge in [-0.25, -0.2) is 17.2 Å². The van der Waals surface area contributed by atoms with Gasteiger partial charge < -0.3 is 5.32 Å². The zero-order valence-electron chi connectivity index (χ0n) is 10.1. The van der Waals surface area contributed by atoms with E-state index in [1.165, 1.54) is 12.3 Å². The summed E-state index contributed by atoms with van der Waals surface area (Å²) in [6.45, 7) is 1.48. The quantitative estimate of drug-likeness (QED) is 0.855. The number of nitrogens with one attached hydrogen (secondary N) is 1. The van der Waals surface area contributed by atoms with E-state index >= 15 is 0 Å². The molecule has 1 N–H and O–H groups in total. The number of rotatable bonds is 6. The van der Waals surface area contributed by atoms with Crippen LogP contribution in [0.3, 0.4) is 0 Å². The molecule has 102 valence electrons. The second-order valence-corrected chi connectivity index (χ2v) is 5.59. The molecule has 0 unspecified atom stereocenters. The summed E-state index contributed by atoms with van der Waals surface area (Å²) in [5, 5.41) is 2.86. The lowest BCUT2D eigenvalue weighted by molar-refractivity contribution is 0.126. The van der Waals surface area contributed by atoms with E-state index in [2.05, 4.69) is 10.3 Å². The maximum absolute atomic E-state index is 12.2. The summed E-state index contributed by atoms with van der Waals surface area (Å²) in [6, 6.07) is 1.49. The molecule has 5 nitrogen and oxygen atoms in total. The highest BCUT2D eigenvalue weighted by atomic mass is 32.2. The van der Waals surface area contributed by atoms with E-state index in [4.69, 9.17) is 0 Å². The van der Waals surface area contributed by atoms with Crippen LogP contribution in [0.2, 0.25) is 0 Å². The van der Waals surface area contributed by atoms with Crippen molar-refractivity contribution in [1.29, 1.82) is 0 Å². The second kappa shape index (κ2) is 6.05. The monoisotopic (exact) mass is 279 g/mol. The van der Waals surface area contributed by atoms with Gasteiger partial charge in [0.25, 0.3) is 6.43 Å². The minimum absolute atomic E-state index is 0.102. The van der Waals surface area contributed by atoms with Gasteiger partial charge in [0.2, 0.25) is 10.0 Å². The van der Waals surface area contributed by atoms with Gasteiger partial charge in [-0.1, -0.05) is 0 Å². The first-order valence-electron chi connectivity index (χ1n) is 5.32. The highest BCUT2D eigenvalue weighted by molar-refractivity contribution is 7.89. The molecule has 0 aliphatic carbocycles. The summed E-state index contributed by atoms with van der Waals surface area (Å²) >= 11 is 0. The lowest BCUT2D eigenvalue weighted by Crippen LogP contribution is -2.32. The Bertz CT molecular complexity index is 494. The number of pyridine rings is 1. The fourth-order valence-corrected chi connectivity index (χ4v) is 2.64. The van der Waals surface area contributed by atoms with Crippen LogP contribution < -0.4 is 5.32 Å². The Hall–Kier alpha value is -1.28. The third kappa shape index (κ3) is 3.36. The van der Waals surface area contributed by atoms with Crippen molar-refractivity contribution in [2.24, 2.45) is 0 Å². The molecule has 8 heteroatoms. The van der Waals surface area contributed by atoms with Gasteiger partial charge in [-0.2, -0.15) is 4.31 Å². The molecule has 0 radical (unpaired) electrons. The molecule has 0 saturated heterocycles. The number of halogens is 2. The average molecular weight is 279 g/mol. The molecule has 1 heterocycles. The Labute approximate surface area is 105 Å². The molecule has 1 rings (SSSR count). The second-order valence-electron chi connectivity index (χ2n) is 3.58. The molecule has 0 aliphatic rings. The molecule has 0 bridgehead atoms. The first kappa shape index (κ1) is 14.8. The SMILES string of the molecule is CCNc1ccncc1S(=O)(=O)N(C)CC(F)F. The number of hydrogen-bond donors (Lipinski definition) is 1. The van der Waals surface area contributed by atoms with Crippen LogP contribution >= 0.6 is 0 Å². The van der Waals surface area contributed by atoms with Gasteiger partial charge in [-0.3, -0.25) is 4.98 Å². The summed E-state index contributed by atoms with van der Waals surface area (Å²) in [6.07, 6.45) is -0.136. The lowest BCUT2D eigenvalue weighted by atomic mass is 10.4. The Balaban J connectivity index is 3.11. The third-order valence-electron chi connectivity index (χ3n) is 2.24. The lowest BCUT2D eigenvalue weighted by Gasteiger charge is -2.18. The summed E-state index contributed by atoms with van der Waals surface area (Å²) in [5.41, 5.74) is 0.355. The number of hydrogen-bond acceptors (Lipinski definition) is 4. The Kier molecular flexibility index (Phi) is 4.97. The molecule has 1 aromatic heterocycles. The Morgan fingerprint density at radius 3 is 2.72 bits per heavy atom. The maximum atomic E-state index is 12.2. The largest absolute Gasteiger partial charge is 0.384 e. The van der Waals surface area contributed by atoms with Gasteiger partial charge in [0.05, 0.1) is 12.2 Å². The molecular weight excluding hydrogens is 264 g/mol. The van der Waals surface area contributed by atoms with Crippen molar-refractivity contribution >= 4 is 15.7 Å². The molecule has 0 atom stereocenters. The van der Waals surface area contributed by atoms with E-state index in [0.29, 0.717) is 16.5 Å². The third-order valence-corrected chi connectivity index (χ3v) is 4.09. The summed E-state index contributed by atoms with van der Waals surface area (Å²) in [4.78, 5) is 3.62. The highest BCUT2D eigenvalue weighted by Crippen LogP contribution is 2.22. The van der Waals surface area contributed by atoms with Crippen LogP contribution in [0.5, 0.6) is 0 Å². The van der Waals surface area contributed by atoms with Crippen LogP contribution in [0.4, 0.5) is 14.5 Å². The number of sulfonamides is 1. The van der Waals surface area contributed by atoms with Crippen molar-refractivity contribution in [2.75, 3.05) is 25.5 Å². The Morgan fingerprint density at radius 1 is 1.50 bits per heavy atom. The number of anilines is 1. The maximum Gasteiger partial charge on any atom is 0.252 e. The Morgan fingerprint density at radius 2 is 2.17 bits per heavy atom. The molecular formula is C10H15F2N3O2S. The van der Waals surface area contributed by atoms with Gasteiger partial charge >= 0.3 is 0 Å². The van der Waals surface area contributed by atoms with Gasteiger partial charge in [0, 0.05) is 26.0 Å². The van der Waals surface area contributed by atoms with Crippen LogP contribution in [0, 0.1) is 0 Å². The van der Waals surface area contributed by atoms with Crippen LogP contribution in [0.15, 0.2) is 23.4 Å². The number of alkyl halides is 2. The van der Waals surface area contributed by atoms with Crippen molar-refractivity contribution in [1.82, 2.24) is 9.29 Å². The van der Waals surface area contributed by atoms with E-state index in [1.807, 2.05) is 0 Å². The van der Waals surface area contributed by atoms with Crippen molar-refractivity contribution in [3.63, 3.8) is 0 Å². The van der Waals surface area contributed by atoms with Gasteiger partial charge in [-0.05, 0) is 13.0 Å². The number of aromatic nitrogens is 1. The molecule has 0 aromatic carbocycles. The highest BCUT2D eigenvalue weighted by Gasteiger charge is 2.26. The topological polar surface area (TPSA) is 62.3 Å². The molecule has 1 aromatic rings. The molecule has 0 fully saturated rings. The predicted octanol–water partition coefficient (Wildman–Crippen LogP) is 1.40. The number of nitrogens with zero attached hydrogens (tertiary/aromatic N) is 2. The smallest absolute Gasteiger partial charge is 0.252 e. The summed E-state index contributed by atoms with van der Waals surface area (Å²) in [7, 11) is -2.84. The normalized spacial score (nSPS) is 12.1. The summed E-state index contributed by atoms with van der Waals surface area (Å²) in [5.74, 6) is 0. The molecule has 0 amide bonds. The first-order chi connectivity index (χ1) is 8.39. The fraction of sp³-hybridized carbons (Fsp3) is 0.500. The fourth-order valence-electron chi connectivity index (χ4n) is 1.38. The zero-order valence-corrected chi connectivity index (χ0v) is 10.9. The van der Waals surface area contributed by atoms with Gasteiger partial charge in [0.15, 0.2) is 0 Å². The minimum Gasteiger partial charge on any atom is -0.384 e. The van der Waals surface area contributed by atoms with Crippen molar-refractivity contribution in [3.8, 4) is 0 Å². The molecule has 0 aliphatic heterocycles. The molecule has 18 heavy (non-hydrogen) atoms. The zero-order chi connectivity index (χ0) is 13.8. The van der Waals surface area contributed by atoms with Crippen molar-refractivity contribution in [3.05, 3.63) is 18.5 Å². The van der Waals surface area contributed by atoms with Crippen LogP contribution in [-0.4, -0.2) is 44.3 Å². The predicted molar refractivity (Wildman–Crippen MR) is 64.2 cm³/mol. The van der Waals surface area contributed by atoms with E-state index < -0.39 is 23.0 Å². The van der Waals surface area contributed by atoms with E-state index in [0.717, 1.165) is 13.2 Å².